The van der Waals surface area contributed by atoms with Crippen molar-refractivity contribution in [3.05, 3.63) is 35.9 Å². The summed E-state index contributed by atoms with van der Waals surface area (Å²) in [6, 6.07) is 4.55. The molecule has 0 aliphatic rings. The van der Waals surface area contributed by atoms with Gasteiger partial charge in [-0.2, -0.15) is 12.6 Å². The third-order valence-corrected chi connectivity index (χ3v) is 5.95. The molecule has 1 aromatic rings. The van der Waals surface area contributed by atoms with E-state index in [-0.39, 0.29) is 30.9 Å². The van der Waals surface area contributed by atoms with Crippen molar-refractivity contribution in [1.29, 1.82) is 0 Å². The highest BCUT2D eigenvalue weighted by molar-refractivity contribution is 7.80. The molecule has 0 heterocycles. The van der Waals surface area contributed by atoms with Gasteiger partial charge in [-0.3, -0.25) is 19.2 Å². The number of aliphatic carboxylic acids is 1. The normalized spacial score (nSPS) is 15.1. The number of carboxylic acids is 1. The van der Waals surface area contributed by atoms with Crippen LogP contribution in [0.1, 0.15) is 38.7 Å². The van der Waals surface area contributed by atoms with Gasteiger partial charge in [-0.1, -0.05) is 50.6 Å². The molecule has 0 saturated carbocycles. The number of benzene rings is 1. The zero-order valence-electron chi connectivity index (χ0n) is 19.9. The Balaban J connectivity index is 2.98. The van der Waals surface area contributed by atoms with Crippen LogP contribution in [0.5, 0.6) is 0 Å². The van der Waals surface area contributed by atoms with Crippen LogP contribution in [0.4, 0.5) is 0 Å². The predicted octanol–water partition coefficient (Wildman–Crippen LogP) is -0.663. The van der Waals surface area contributed by atoms with Gasteiger partial charge in [0.15, 0.2) is 0 Å². The van der Waals surface area contributed by atoms with Crippen molar-refractivity contribution in [1.82, 2.24) is 16.0 Å². The van der Waals surface area contributed by atoms with Gasteiger partial charge in [0.2, 0.25) is 23.6 Å². The van der Waals surface area contributed by atoms with Gasteiger partial charge in [0.25, 0.3) is 0 Å². The summed E-state index contributed by atoms with van der Waals surface area (Å²) >= 11 is 4.09. The molecule has 1 rings (SSSR count). The number of hydrogen-bond acceptors (Lipinski definition) is 7. The second-order valence-electron chi connectivity index (χ2n) is 8.31. The highest BCUT2D eigenvalue weighted by Crippen LogP contribution is 2.08. The molecule has 0 aliphatic carbocycles. The fourth-order valence-corrected chi connectivity index (χ4v) is 3.38. The van der Waals surface area contributed by atoms with Crippen molar-refractivity contribution in [2.75, 3.05) is 5.75 Å². The number of amides is 4. The molecular formula is C23H35N5O6S. The van der Waals surface area contributed by atoms with Crippen LogP contribution in [0.15, 0.2) is 30.3 Å². The van der Waals surface area contributed by atoms with Crippen LogP contribution in [-0.4, -0.2) is 64.6 Å². The number of carbonyl (C=O) groups excluding carboxylic acids is 4. The number of primary amides is 1. The third kappa shape index (κ3) is 10.4. The van der Waals surface area contributed by atoms with Gasteiger partial charge in [-0.05, 0) is 17.9 Å². The topological polar surface area (TPSA) is 194 Å². The second kappa shape index (κ2) is 15.0. The summed E-state index contributed by atoms with van der Waals surface area (Å²) < 4.78 is 0. The fourth-order valence-electron chi connectivity index (χ4n) is 3.12. The zero-order valence-corrected chi connectivity index (χ0v) is 20.8. The second-order valence-corrected chi connectivity index (χ2v) is 8.68. The highest BCUT2D eigenvalue weighted by Gasteiger charge is 2.30. The van der Waals surface area contributed by atoms with E-state index in [2.05, 4.69) is 28.6 Å². The Morgan fingerprint density at radius 1 is 0.943 bits per heavy atom. The lowest BCUT2D eigenvalue weighted by Gasteiger charge is -2.25. The molecule has 0 spiro atoms. The van der Waals surface area contributed by atoms with Crippen molar-refractivity contribution >= 4 is 42.2 Å². The van der Waals surface area contributed by atoms with Crippen LogP contribution >= 0.6 is 12.6 Å². The van der Waals surface area contributed by atoms with Gasteiger partial charge in [0.1, 0.15) is 18.1 Å². The van der Waals surface area contributed by atoms with E-state index in [0.29, 0.717) is 6.42 Å². The number of carboxylic acid groups (broad SMARTS) is 1. The first-order valence-corrected chi connectivity index (χ1v) is 12.0. The summed E-state index contributed by atoms with van der Waals surface area (Å²) in [6.07, 6.45) is 0.371. The van der Waals surface area contributed by atoms with Gasteiger partial charge < -0.3 is 32.5 Å². The van der Waals surface area contributed by atoms with Gasteiger partial charge in [-0.15, -0.1) is 0 Å². The Morgan fingerprint density at radius 3 is 2.00 bits per heavy atom. The van der Waals surface area contributed by atoms with Crippen LogP contribution < -0.4 is 27.4 Å². The molecule has 0 fully saturated rings. The predicted molar refractivity (Wildman–Crippen MR) is 133 cm³/mol. The summed E-state index contributed by atoms with van der Waals surface area (Å²) in [5, 5.41) is 16.8. The molecule has 0 aliphatic heterocycles. The quantitative estimate of drug-likeness (QED) is 0.152. The summed E-state index contributed by atoms with van der Waals surface area (Å²) in [7, 11) is 0. The Kier molecular flexibility index (Phi) is 12.8. The highest BCUT2D eigenvalue weighted by atomic mass is 32.1. The average Bonchev–Trinajstić information content (AvgIpc) is 2.83. The van der Waals surface area contributed by atoms with Crippen LogP contribution in [0, 0.1) is 5.92 Å². The maximum Gasteiger partial charge on any atom is 0.326 e. The van der Waals surface area contributed by atoms with E-state index < -0.39 is 53.8 Å². The molecule has 0 radical (unpaired) electrons. The van der Waals surface area contributed by atoms with E-state index in [1.807, 2.05) is 19.9 Å². The molecule has 12 heteroatoms. The first-order chi connectivity index (χ1) is 16.5. The molecule has 0 bridgehead atoms. The largest absolute Gasteiger partial charge is 0.480 e. The summed E-state index contributed by atoms with van der Waals surface area (Å²) in [6.45, 7) is 3.73. The average molecular weight is 510 g/mol. The van der Waals surface area contributed by atoms with Crippen molar-refractivity contribution in [3.63, 3.8) is 0 Å². The monoisotopic (exact) mass is 509 g/mol. The molecule has 1 aromatic carbocycles. The summed E-state index contributed by atoms with van der Waals surface area (Å²) in [5.74, 6) is -4.27. The molecular weight excluding hydrogens is 474 g/mol. The van der Waals surface area contributed by atoms with Crippen LogP contribution in [-0.2, 0) is 30.4 Å². The van der Waals surface area contributed by atoms with Crippen molar-refractivity contribution in [2.45, 2.75) is 63.7 Å². The van der Waals surface area contributed by atoms with Gasteiger partial charge in [0.05, 0.1) is 6.04 Å². The Bertz CT molecular complexity index is 884. The number of hydrogen-bond donors (Lipinski definition) is 7. The van der Waals surface area contributed by atoms with Crippen molar-refractivity contribution in [3.8, 4) is 0 Å². The molecule has 0 saturated heterocycles. The van der Waals surface area contributed by atoms with E-state index in [9.17, 15) is 29.1 Å². The number of nitrogens with two attached hydrogens (primary N) is 2. The lowest BCUT2D eigenvalue weighted by molar-refractivity contribution is -0.142. The first-order valence-electron chi connectivity index (χ1n) is 11.3. The lowest BCUT2D eigenvalue weighted by Crippen LogP contribution is -2.58. The van der Waals surface area contributed by atoms with Gasteiger partial charge in [-0.25, -0.2) is 4.79 Å². The fraction of sp³-hybridized carbons (Fsp3) is 0.522. The Morgan fingerprint density at radius 2 is 1.49 bits per heavy atom. The molecule has 8 N–H and O–H groups in total. The van der Waals surface area contributed by atoms with Gasteiger partial charge >= 0.3 is 5.97 Å². The minimum absolute atomic E-state index is 0.111. The first kappa shape index (κ1) is 29.9. The molecule has 194 valence electrons. The maximum absolute atomic E-state index is 13.1. The minimum atomic E-state index is -1.37. The lowest BCUT2D eigenvalue weighted by atomic mass is 9.98. The van der Waals surface area contributed by atoms with Crippen molar-refractivity contribution < 1.29 is 29.1 Å². The summed E-state index contributed by atoms with van der Waals surface area (Å²) in [5.41, 5.74) is 11.8. The number of nitrogens with one attached hydrogen (secondary N) is 3. The molecule has 4 amide bonds. The van der Waals surface area contributed by atoms with Gasteiger partial charge in [0, 0.05) is 18.6 Å². The van der Waals surface area contributed by atoms with E-state index in [0.717, 1.165) is 5.56 Å². The molecule has 5 unspecified atom stereocenters. The minimum Gasteiger partial charge on any atom is -0.480 e. The van der Waals surface area contributed by atoms with E-state index >= 15 is 0 Å². The molecule has 0 aromatic heterocycles. The molecule has 5 atom stereocenters. The van der Waals surface area contributed by atoms with E-state index in [1.165, 1.54) is 0 Å². The zero-order chi connectivity index (χ0) is 26.5. The SMILES string of the molecule is CCC(C)C(N)C(=O)NC(Cc1ccccc1)C(=O)NC(CS)C(=O)NC(CCC(N)=O)C(=O)O. The molecule has 35 heavy (non-hydrogen) atoms. The Labute approximate surface area is 210 Å². The van der Waals surface area contributed by atoms with Crippen molar-refractivity contribution in [2.24, 2.45) is 17.4 Å². The van der Waals surface area contributed by atoms with E-state index in [1.54, 1.807) is 24.3 Å². The van der Waals surface area contributed by atoms with Crippen LogP contribution in [0.2, 0.25) is 0 Å². The van der Waals surface area contributed by atoms with E-state index in [4.69, 9.17) is 11.5 Å². The maximum atomic E-state index is 13.1. The third-order valence-electron chi connectivity index (χ3n) is 5.58. The smallest absolute Gasteiger partial charge is 0.326 e. The number of thiol groups is 1. The number of carbonyl (C=O) groups is 5. The standard InChI is InChI=1S/C23H35N5O6S/c1-3-13(2)19(25)22(32)27-16(11-14-7-5-4-6-8-14)20(30)28-17(12-35)21(31)26-15(23(33)34)9-10-18(24)29/h4-8,13,15-17,19,35H,3,9-12,25H2,1-2H3,(H2,24,29)(H,26,31)(H,27,32)(H,28,30)(H,33,34). The summed E-state index contributed by atoms with van der Waals surface area (Å²) in [4.78, 5) is 60.8. The number of rotatable bonds is 15. The molecule has 11 nitrogen and oxygen atoms in total. The Hall–Kier alpha value is -3.12. The van der Waals surface area contributed by atoms with Crippen LogP contribution in [0.3, 0.4) is 0 Å². The van der Waals surface area contributed by atoms with Crippen LogP contribution in [0.25, 0.3) is 0 Å².